The Morgan fingerprint density at radius 2 is 2.50 bits per heavy atom. The topological polar surface area (TPSA) is 12.0 Å². The van der Waals surface area contributed by atoms with Gasteiger partial charge in [0.25, 0.3) is 0 Å². The third kappa shape index (κ3) is 2.13. The summed E-state index contributed by atoms with van der Waals surface area (Å²) in [7, 11) is 1.81. The van der Waals surface area contributed by atoms with Crippen molar-refractivity contribution < 1.29 is 4.39 Å². The first-order valence-corrected chi connectivity index (χ1v) is 4.84. The van der Waals surface area contributed by atoms with Gasteiger partial charge in [0.15, 0.2) is 0 Å². The van der Waals surface area contributed by atoms with Crippen molar-refractivity contribution in [3.63, 3.8) is 0 Å². The first-order chi connectivity index (χ1) is 4.77. The molecule has 60 valence electrons. The van der Waals surface area contributed by atoms with E-state index in [4.69, 9.17) is 0 Å². The maximum atomic E-state index is 13.5. The third-order valence-corrected chi connectivity index (χ3v) is 3.07. The molecule has 1 nitrogen and oxygen atoms in total. The maximum Gasteiger partial charge on any atom is 0.132 e. The smallest absolute Gasteiger partial charge is 0.132 e. The highest BCUT2D eigenvalue weighted by Gasteiger charge is 2.30. The van der Waals surface area contributed by atoms with E-state index in [0.717, 1.165) is 18.6 Å². The lowest BCUT2D eigenvalue weighted by Crippen LogP contribution is -2.39. The highest BCUT2D eigenvalue weighted by Crippen LogP contribution is 2.29. The van der Waals surface area contributed by atoms with Crippen LogP contribution in [0.25, 0.3) is 0 Å². The predicted octanol–water partition coefficient (Wildman–Crippen LogP) is 1.44. The van der Waals surface area contributed by atoms with E-state index in [1.807, 2.05) is 0 Å². The van der Waals surface area contributed by atoms with Crippen LogP contribution >= 0.6 is 11.8 Å². The number of thioether (sulfide) groups is 1. The first kappa shape index (κ1) is 8.34. The minimum atomic E-state index is -0.919. The molecule has 0 radical (unpaired) electrons. The molecular weight excluding hydrogens is 149 g/mol. The Labute approximate surface area is 65.8 Å². The van der Waals surface area contributed by atoms with Crippen LogP contribution in [0.15, 0.2) is 0 Å². The molecule has 1 aliphatic heterocycles. The molecule has 10 heavy (non-hydrogen) atoms. The zero-order valence-electron chi connectivity index (χ0n) is 6.32. The Kier molecular flexibility index (Phi) is 2.98. The van der Waals surface area contributed by atoms with Gasteiger partial charge in [0.05, 0.1) is 0 Å². The molecule has 1 atom stereocenters. The van der Waals surface area contributed by atoms with E-state index >= 15 is 0 Å². The summed E-state index contributed by atoms with van der Waals surface area (Å²) in [6.07, 6.45) is 1.77. The van der Waals surface area contributed by atoms with Crippen molar-refractivity contribution in [1.82, 2.24) is 5.32 Å². The van der Waals surface area contributed by atoms with Gasteiger partial charge in [0.2, 0.25) is 0 Å². The van der Waals surface area contributed by atoms with E-state index in [1.54, 1.807) is 18.8 Å². The van der Waals surface area contributed by atoms with Gasteiger partial charge in [-0.2, -0.15) is 11.8 Å². The van der Waals surface area contributed by atoms with Crippen LogP contribution in [0.4, 0.5) is 4.39 Å². The fourth-order valence-corrected chi connectivity index (χ4v) is 2.38. The van der Waals surface area contributed by atoms with Crippen LogP contribution < -0.4 is 5.32 Å². The minimum absolute atomic E-state index is 0.514. The Morgan fingerprint density at radius 3 is 3.00 bits per heavy atom. The van der Waals surface area contributed by atoms with Gasteiger partial charge in [0.1, 0.15) is 5.67 Å². The van der Waals surface area contributed by atoms with Crippen molar-refractivity contribution in [2.75, 3.05) is 25.1 Å². The van der Waals surface area contributed by atoms with Gasteiger partial charge in [-0.25, -0.2) is 4.39 Å². The molecule has 0 amide bonds. The van der Waals surface area contributed by atoms with Crippen LogP contribution in [0.3, 0.4) is 0 Å². The van der Waals surface area contributed by atoms with Crippen molar-refractivity contribution in [1.29, 1.82) is 0 Å². The van der Waals surface area contributed by atoms with Crippen LogP contribution in [0.5, 0.6) is 0 Å². The second-order valence-corrected chi connectivity index (χ2v) is 3.94. The number of halogens is 1. The van der Waals surface area contributed by atoms with E-state index in [2.05, 4.69) is 5.32 Å². The van der Waals surface area contributed by atoms with E-state index in [0.29, 0.717) is 12.3 Å². The molecular formula is C7H14FNS. The molecule has 0 aromatic rings. The van der Waals surface area contributed by atoms with Crippen molar-refractivity contribution in [2.24, 2.45) is 0 Å². The van der Waals surface area contributed by atoms with Crippen LogP contribution in [-0.2, 0) is 0 Å². The number of nitrogens with one attached hydrogen (secondary N) is 1. The zero-order valence-corrected chi connectivity index (χ0v) is 7.14. The second kappa shape index (κ2) is 3.58. The van der Waals surface area contributed by atoms with Crippen LogP contribution in [0, 0.1) is 0 Å². The van der Waals surface area contributed by atoms with Crippen molar-refractivity contribution >= 4 is 11.8 Å². The molecule has 0 saturated carbocycles. The number of hydrogen-bond donors (Lipinski definition) is 1. The Morgan fingerprint density at radius 1 is 1.70 bits per heavy atom. The fraction of sp³-hybridized carbons (Fsp3) is 1.00. The number of rotatable bonds is 2. The minimum Gasteiger partial charge on any atom is -0.317 e. The second-order valence-electron chi connectivity index (χ2n) is 2.84. The molecule has 0 aromatic heterocycles. The largest absolute Gasteiger partial charge is 0.317 e. The summed E-state index contributed by atoms with van der Waals surface area (Å²) >= 11 is 1.73. The molecule has 0 spiro atoms. The highest BCUT2D eigenvalue weighted by atomic mass is 32.2. The molecule has 0 bridgehead atoms. The van der Waals surface area contributed by atoms with Crippen molar-refractivity contribution in [3.8, 4) is 0 Å². The molecule has 1 saturated heterocycles. The molecule has 3 heteroatoms. The molecule has 0 aliphatic carbocycles. The molecule has 1 N–H and O–H groups in total. The van der Waals surface area contributed by atoms with Crippen LogP contribution in [-0.4, -0.2) is 30.8 Å². The van der Waals surface area contributed by atoms with Gasteiger partial charge in [0, 0.05) is 12.3 Å². The Balaban J connectivity index is 2.32. The molecule has 0 aromatic carbocycles. The maximum absolute atomic E-state index is 13.5. The van der Waals surface area contributed by atoms with Crippen LogP contribution in [0.2, 0.25) is 0 Å². The summed E-state index contributed by atoms with van der Waals surface area (Å²) < 4.78 is 13.5. The van der Waals surface area contributed by atoms with Crippen molar-refractivity contribution in [3.05, 3.63) is 0 Å². The summed E-state index contributed by atoms with van der Waals surface area (Å²) in [6, 6.07) is 0. The monoisotopic (exact) mass is 163 g/mol. The van der Waals surface area contributed by atoms with Crippen molar-refractivity contribution in [2.45, 2.75) is 18.5 Å². The Hall–Kier alpha value is 0.240. The highest BCUT2D eigenvalue weighted by molar-refractivity contribution is 7.99. The normalized spacial score (nSPS) is 34.2. The van der Waals surface area contributed by atoms with E-state index in [-0.39, 0.29) is 0 Å². The SMILES string of the molecule is CNCC1(F)CCCSC1. The summed E-state index contributed by atoms with van der Waals surface area (Å²) in [4.78, 5) is 0. The van der Waals surface area contributed by atoms with Gasteiger partial charge in [-0.3, -0.25) is 0 Å². The Bertz CT molecular complexity index is 96.3. The fourth-order valence-electron chi connectivity index (χ4n) is 1.27. The number of hydrogen-bond acceptors (Lipinski definition) is 2. The summed E-state index contributed by atoms with van der Waals surface area (Å²) in [5.41, 5.74) is -0.919. The lowest BCUT2D eigenvalue weighted by molar-refractivity contribution is 0.175. The van der Waals surface area contributed by atoms with Gasteiger partial charge < -0.3 is 5.32 Å². The van der Waals surface area contributed by atoms with E-state index in [1.165, 1.54) is 0 Å². The van der Waals surface area contributed by atoms with E-state index < -0.39 is 5.67 Å². The van der Waals surface area contributed by atoms with Gasteiger partial charge in [-0.15, -0.1) is 0 Å². The molecule has 1 rings (SSSR count). The quantitative estimate of drug-likeness (QED) is 0.661. The van der Waals surface area contributed by atoms with Gasteiger partial charge >= 0.3 is 0 Å². The average molecular weight is 163 g/mol. The lowest BCUT2D eigenvalue weighted by Gasteiger charge is -2.28. The molecule has 1 aliphatic rings. The summed E-state index contributed by atoms with van der Waals surface area (Å²) in [5.74, 6) is 1.81. The third-order valence-electron chi connectivity index (χ3n) is 1.77. The summed E-state index contributed by atoms with van der Waals surface area (Å²) in [6.45, 7) is 0.514. The van der Waals surface area contributed by atoms with Gasteiger partial charge in [-0.05, 0) is 25.6 Å². The molecule has 1 heterocycles. The summed E-state index contributed by atoms with van der Waals surface area (Å²) in [5, 5.41) is 2.89. The standard InChI is InChI=1S/C7H14FNS/c1-9-5-7(8)3-2-4-10-6-7/h9H,2-6H2,1H3. The van der Waals surface area contributed by atoms with Crippen LogP contribution in [0.1, 0.15) is 12.8 Å². The molecule has 1 fully saturated rings. The van der Waals surface area contributed by atoms with E-state index in [9.17, 15) is 4.39 Å². The first-order valence-electron chi connectivity index (χ1n) is 3.68. The molecule has 1 unspecified atom stereocenters. The zero-order chi connectivity index (χ0) is 7.45. The number of alkyl halides is 1. The lowest BCUT2D eigenvalue weighted by atomic mass is 10.0. The predicted molar refractivity (Wildman–Crippen MR) is 44.3 cm³/mol. The van der Waals surface area contributed by atoms with Gasteiger partial charge in [-0.1, -0.05) is 0 Å². The average Bonchev–Trinajstić information content (AvgIpc) is 1.89.